The summed E-state index contributed by atoms with van der Waals surface area (Å²) in [6.07, 6.45) is 6.96. The number of nitrogens with two attached hydrogens (primary N) is 2. The number of aromatic nitrogens is 2. The third-order valence-corrected chi connectivity index (χ3v) is 6.03. The normalized spacial score (nSPS) is 14.6. The van der Waals surface area contributed by atoms with Crippen LogP contribution >= 0.6 is 11.8 Å². The Balaban J connectivity index is 2.92. The molecule has 0 radical (unpaired) electrons. The summed E-state index contributed by atoms with van der Waals surface area (Å²) < 4.78 is 0. The largest absolute Gasteiger partial charge is 0.480 e. The molecule has 0 spiro atoms. The first-order valence-corrected chi connectivity index (χ1v) is 13.1. The predicted octanol–water partition coefficient (Wildman–Crippen LogP) is -0.643. The second-order valence-electron chi connectivity index (χ2n) is 8.64. The van der Waals surface area contributed by atoms with E-state index in [0.29, 0.717) is 37.3 Å². The second-order valence-corrected chi connectivity index (χ2v) is 9.63. The molecule has 1 aromatic heterocycles. The Hall–Kier alpha value is -2.64. The van der Waals surface area contributed by atoms with Crippen molar-refractivity contribution in [1.29, 1.82) is 0 Å². The Morgan fingerprint density at radius 3 is 2.23 bits per heavy atom. The first-order valence-electron chi connectivity index (χ1n) is 11.7. The molecule has 0 fully saturated rings. The Morgan fingerprint density at radius 1 is 1.06 bits per heavy atom. The number of hydrogen-bond donors (Lipinski definition) is 7. The van der Waals surface area contributed by atoms with Crippen molar-refractivity contribution in [3.05, 3.63) is 18.2 Å². The van der Waals surface area contributed by atoms with Gasteiger partial charge >= 0.3 is 5.97 Å². The molecular weight excluding hydrogens is 474 g/mol. The van der Waals surface area contributed by atoms with E-state index in [0.717, 1.165) is 0 Å². The molecule has 1 rings (SSSR count). The van der Waals surface area contributed by atoms with E-state index in [9.17, 15) is 24.3 Å². The lowest BCUT2D eigenvalue weighted by Crippen LogP contribution is -2.57. The van der Waals surface area contributed by atoms with E-state index >= 15 is 0 Å². The first kappa shape index (κ1) is 30.4. The summed E-state index contributed by atoms with van der Waals surface area (Å²) in [6, 6.07) is -3.87. The Morgan fingerprint density at radius 2 is 1.69 bits per heavy atom. The number of carboxylic acids is 1. The maximum Gasteiger partial charge on any atom is 0.326 e. The maximum absolute atomic E-state index is 13.1. The minimum absolute atomic E-state index is 0.221. The molecule has 3 amide bonds. The minimum Gasteiger partial charge on any atom is -0.480 e. The van der Waals surface area contributed by atoms with Crippen LogP contribution < -0.4 is 27.4 Å². The second kappa shape index (κ2) is 16.1. The highest BCUT2D eigenvalue weighted by atomic mass is 32.2. The zero-order valence-electron chi connectivity index (χ0n) is 20.6. The average molecular weight is 514 g/mol. The van der Waals surface area contributed by atoms with Gasteiger partial charge in [-0.15, -0.1) is 0 Å². The molecule has 0 bridgehead atoms. The van der Waals surface area contributed by atoms with Gasteiger partial charge in [0.15, 0.2) is 0 Å². The van der Waals surface area contributed by atoms with Gasteiger partial charge in [0.25, 0.3) is 0 Å². The number of unbranched alkanes of at least 4 members (excludes halogenated alkanes) is 1. The number of aliphatic carboxylic acids is 1. The molecule has 13 heteroatoms. The summed E-state index contributed by atoms with van der Waals surface area (Å²) in [5.74, 6) is -2.55. The molecule has 0 saturated heterocycles. The summed E-state index contributed by atoms with van der Waals surface area (Å²) in [5.41, 5.74) is 12.2. The summed E-state index contributed by atoms with van der Waals surface area (Å²) in [6.45, 7) is 3.79. The summed E-state index contributed by atoms with van der Waals surface area (Å²) in [7, 11) is 0. The van der Waals surface area contributed by atoms with Crippen molar-refractivity contribution in [2.45, 2.75) is 70.1 Å². The lowest BCUT2D eigenvalue weighted by Gasteiger charge is -2.26. The van der Waals surface area contributed by atoms with E-state index < -0.39 is 47.9 Å². The van der Waals surface area contributed by atoms with Crippen LogP contribution in [0.2, 0.25) is 0 Å². The molecule has 12 nitrogen and oxygen atoms in total. The molecule has 4 unspecified atom stereocenters. The van der Waals surface area contributed by atoms with Crippen molar-refractivity contribution >= 4 is 35.5 Å². The predicted molar refractivity (Wildman–Crippen MR) is 134 cm³/mol. The minimum atomic E-state index is -1.16. The summed E-state index contributed by atoms with van der Waals surface area (Å²) >= 11 is 1.51. The van der Waals surface area contributed by atoms with Crippen LogP contribution in [0.3, 0.4) is 0 Å². The van der Waals surface area contributed by atoms with Gasteiger partial charge in [0.05, 0.1) is 12.4 Å². The zero-order chi connectivity index (χ0) is 26.4. The third-order valence-electron chi connectivity index (χ3n) is 5.39. The molecule has 0 aromatic carbocycles. The van der Waals surface area contributed by atoms with Crippen molar-refractivity contribution in [1.82, 2.24) is 25.9 Å². The maximum atomic E-state index is 13.1. The van der Waals surface area contributed by atoms with E-state index in [1.165, 1.54) is 18.1 Å². The van der Waals surface area contributed by atoms with Crippen molar-refractivity contribution < 1.29 is 24.3 Å². The van der Waals surface area contributed by atoms with Crippen molar-refractivity contribution in [3.63, 3.8) is 0 Å². The van der Waals surface area contributed by atoms with Crippen LogP contribution in [0.15, 0.2) is 12.5 Å². The van der Waals surface area contributed by atoms with Crippen LogP contribution in [0.1, 0.15) is 45.2 Å². The SMILES string of the molecule is CSCCC(NC(=O)C(N)Cc1cnc[nH]1)C(=O)NC(CCCCN)C(=O)NC(C(=O)O)C(C)C. The zero-order valence-corrected chi connectivity index (χ0v) is 21.4. The number of rotatable bonds is 17. The van der Waals surface area contributed by atoms with E-state index in [1.54, 1.807) is 20.0 Å². The lowest BCUT2D eigenvalue weighted by atomic mass is 10.0. The van der Waals surface area contributed by atoms with Crippen LogP contribution in [0.4, 0.5) is 0 Å². The number of nitrogens with one attached hydrogen (secondary N) is 4. The smallest absolute Gasteiger partial charge is 0.326 e. The van der Waals surface area contributed by atoms with Gasteiger partial charge in [-0.25, -0.2) is 9.78 Å². The Labute approximate surface area is 210 Å². The number of carbonyl (C=O) groups is 4. The highest BCUT2D eigenvalue weighted by Gasteiger charge is 2.31. The number of carbonyl (C=O) groups excluding carboxylic acids is 3. The molecular formula is C22H39N7O5S. The van der Waals surface area contributed by atoms with Crippen LogP contribution in [0.25, 0.3) is 0 Å². The highest BCUT2D eigenvalue weighted by Crippen LogP contribution is 2.08. The number of carboxylic acid groups (broad SMARTS) is 1. The van der Waals surface area contributed by atoms with Gasteiger partial charge in [0, 0.05) is 18.3 Å². The van der Waals surface area contributed by atoms with Crippen molar-refractivity contribution in [2.24, 2.45) is 17.4 Å². The molecule has 198 valence electrons. The quantitative estimate of drug-likeness (QED) is 0.132. The molecule has 1 aromatic rings. The Bertz CT molecular complexity index is 806. The van der Waals surface area contributed by atoms with E-state index in [4.69, 9.17) is 11.5 Å². The topological polar surface area (TPSA) is 205 Å². The highest BCUT2D eigenvalue weighted by molar-refractivity contribution is 7.98. The van der Waals surface area contributed by atoms with E-state index in [1.807, 2.05) is 6.26 Å². The summed E-state index contributed by atoms with van der Waals surface area (Å²) in [4.78, 5) is 57.0. The number of nitrogens with zero attached hydrogens (tertiary/aromatic N) is 1. The number of thioether (sulfide) groups is 1. The van der Waals surface area contributed by atoms with Crippen molar-refractivity contribution in [3.8, 4) is 0 Å². The summed E-state index contributed by atoms with van der Waals surface area (Å²) in [5, 5.41) is 17.3. The van der Waals surface area contributed by atoms with Gasteiger partial charge in [0.2, 0.25) is 17.7 Å². The number of imidazole rings is 1. The molecule has 0 aliphatic carbocycles. The van der Waals surface area contributed by atoms with Crippen LogP contribution in [0, 0.1) is 5.92 Å². The molecule has 0 aliphatic heterocycles. The van der Waals surface area contributed by atoms with Gasteiger partial charge in [0.1, 0.15) is 18.1 Å². The molecule has 1 heterocycles. The van der Waals surface area contributed by atoms with Gasteiger partial charge in [-0.3, -0.25) is 14.4 Å². The van der Waals surface area contributed by atoms with Crippen LogP contribution in [-0.2, 0) is 25.6 Å². The molecule has 9 N–H and O–H groups in total. The van der Waals surface area contributed by atoms with Crippen LogP contribution in [0.5, 0.6) is 0 Å². The number of amides is 3. The van der Waals surface area contributed by atoms with Gasteiger partial charge < -0.3 is 37.5 Å². The van der Waals surface area contributed by atoms with Crippen molar-refractivity contribution in [2.75, 3.05) is 18.6 Å². The molecule has 35 heavy (non-hydrogen) atoms. The molecule has 4 atom stereocenters. The Kier molecular flexibility index (Phi) is 14.0. The van der Waals surface area contributed by atoms with E-state index in [-0.39, 0.29) is 18.8 Å². The fourth-order valence-electron chi connectivity index (χ4n) is 3.31. The first-order chi connectivity index (χ1) is 16.6. The fraction of sp³-hybridized carbons (Fsp3) is 0.682. The van der Waals surface area contributed by atoms with E-state index in [2.05, 4.69) is 25.9 Å². The number of hydrogen-bond acceptors (Lipinski definition) is 8. The third kappa shape index (κ3) is 11.1. The van der Waals surface area contributed by atoms with Gasteiger partial charge in [-0.05, 0) is 50.2 Å². The number of aromatic amines is 1. The van der Waals surface area contributed by atoms with Gasteiger partial charge in [-0.1, -0.05) is 13.8 Å². The van der Waals surface area contributed by atoms with Gasteiger partial charge in [-0.2, -0.15) is 11.8 Å². The standard InChI is InChI=1S/C22H39N7O5S/c1-13(2)18(22(33)34)29-21(32)16(6-4-5-8-23)28-20(31)17(7-9-35-3)27-19(30)15(24)10-14-11-25-12-26-14/h11-13,15-18H,4-10,23-24H2,1-3H3,(H,25,26)(H,27,30)(H,28,31)(H,29,32)(H,33,34). The fourth-order valence-corrected chi connectivity index (χ4v) is 3.78. The lowest BCUT2D eigenvalue weighted by molar-refractivity contribution is -0.143. The molecule has 0 saturated carbocycles. The molecule has 0 aliphatic rings. The monoisotopic (exact) mass is 513 g/mol. The average Bonchev–Trinajstić information content (AvgIpc) is 3.31. The number of H-pyrrole nitrogens is 1. The van der Waals surface area contributed by atoms with Crippen LogP contribution in [-0.4, -0.2) is 81.5 Å².